The van der Waals surface area contributed by atoms with Gasteiger partial charge in [-0.25, -0.2) is 0 Å². The largest absolute Gasteiger partial charge is 0.493 e. The van der Waals surface area contributed by atoms with Crippen molar-refractivity contribution in [3.63, 3.8) is 0 Å². The van der Waals surface area contributed by atoms with Crippen molar-refractivity contribution >= 4 is 23.2 Å². The van der Waals surface area contributed by atoms with E-state index in [-0.39, 0.29) is 6.04 Å². The third kappa shape index (κ3) is 5.31. The molecule has 0 bridgehead atoms. The second-order valence-corrected chi connectivity index (χ2v) is 8.13. The molecule has 0 aromatic heterocycles. The second-order valence-electron chi connectivity index (χ2n) is 8.13. The quantitative estimate of drug-likeness (QED) is 0.644. The molecule has 172 valence electrons. The van der Waals surface area contributed by atoms with Gasteiger partial charge in [0.15, 0.2) is 11.5 Å². The van der Waals surface area contributed by atoms with Crippen molar-refractivity contribution in [3.05, 3.63) is 47.5 Å². The molecule has 0 spiro atoms. The summed E-state index contributed by atoms with van der Waals surface area (Å²) in [5.74, 6) is -0.414. The summed E-state index contributed by atoms with van der Waals surface area (Å²) in [5.41, 5.74) is 4.15. The minimum Gasteiger partial charge on any atom is -0.493 e. The number of carbonyl (C=O) groups is 2. The number of hydrogen-bond acceptors (Lipinski definition) is 6. The number of carbonyl (C=O) groups excluding carboxylic acids is 2. The van der Waals surface area contributed by atoms with Gasteiger partial charge in [-0.15, -0.1) is 0 Å². The summed E-state index contributed by atoms with van der Waals surface area (Å²) >= 11 is 0. The SMILES string of the molecule is COc1ccc(NC(=O)C(=O)NCC(c2ccc3c(c2)CCCN3C)N(C)C)cc1OC. The van der Waals surface area contributed by atoms with E-state index in [2.05, 4.69) is 40.8 Å². The van der Waals surface area contributed by atoms with E-state index < -0.39 is 11.8 Å². The smallest absolute Gasteiger partial charge is 0.313 e. The number of nitrogens with one attached hydrogen (secondary N) is 2. The van der Waals surface area contributed by atoms with Crippen LogP contribution >= 0.6 is 0 Å². The van der Waals surface area contributed by atoms with E-state index in [1.165, 1.54) is 25.5 Å². The van der Waals surface area contributed by atoms with Crippen LogP contribution in [0.3, 0.4) is 0 Å². The number of benzene rings is 2. The highest BCUT2D eigenvalue weighted by Gasteiger charge is 2.21. The number of nitrogens with zero attached hydrogens (tertiary/aromatic N) is 2. The summed E-state index contributed by atoms with van der Waals surface area (Å²) < 4.78 is 10.4. The van der Waals surface area contributed by atoms with Crippen molar-refractivity contribution in [2.75, 3.05) is 58.7 Å². The molecule has 1 heterocycles. The maximum atomic E-state index is 12.5. The van der Waals surface area contributed by atoms with Gasteiger partial charge < -0.3 is 29.9 Å². The van der Waals surface area contributed by atoms with E-state index in [1.54, 1.807) is 18.2 Å². The number of likely N-dealkylation sites (N-methyl/N-ethyl adjacent to an activating group) is 1. The number of rotatable bonds is 7. The highest BCUT2D eigenvalue weighted by molar-refractivity contribution is 6.39. The second kappa shape index (κ2) is 10.4. The predicted molar refractivity (Wildman–Crippen MR) is 126 cm³/mol. The van der Waals surface area contributed by atoms with Crippen molar-refractivity contribution < 1.29 is 19.1 Å². The molecule has 2 N–H and O–H groups in total. The van der Waals surface area contributed by atoms with Crippen LogP contribution in [0.5, 0.6) is 11.5 Å². The van der Waals surface area contributed by atoms with Crippen LogP contribution in [0.4, 0.5) is 11.4 Å². The number of ether oxygens (including phenoxy) is 2. The number of fused-ring (bicyclic) bond motifs is 1. The molecule has 0 aliphatic carbocycles. The Balaban J connectivity index is 1.64. The van der Waals surface area contributed by atoms with Gasteiger partial charge in [-0.05, 0) is 56.3 Å². The highest BCUT2D eigenvalue weighted by Crippen LogP contribution is 2.31. The molecule has 3 rings (SSSR count). The molecule has 1 atom stereocenters. The number of hydrogen-bond donors (Lipinski definition) is 2. The van der Waals surface area contributed by atoms with Crippen LogP contribution in [-0.2, 0) is 16.0 Å². The molecule has 8 heteroatoms. The first-order valence-electron chi connectivity index (χ1n) is 10.7. The first-order valence-corrected chi connectivity index (χ1v) is 10.7. The molecule has 0 radical (unpaired) electrons. The summed E-state index contributed by atoms with van der Waals surface area (Å²) in [6, 6.07) is 11.3. The summed E-state index contributed by atoms with van der Waals surface area (Å²) in [6.07, 6.45) is 2.18. The van der Waals surface area contributed by atoms with E-state index in [0.29, 0.717) is 23.7 Å². The van der Waals surface area contributed by atoms with Crippen LogP contribution in [0.25, 0.3) is 0 Å². The zero-order chi connectivity index (χ0) is 23.3. The number of aryl methyl sites for hydroxylation is 1. The van der Waals surface area contributed by atoms with Gasteiger partial charge in [-0.2, -0.15) is 0 Å². The van der Waals surface area contributed by atoms with E-state index in [0.717, 1.165) is 24.9 Å². The molecule has 1 aliphatic heterocycles. The van der Waals surface area contributed by atoms with Crippen LogP contribution in [-0.4, -0.2) is 65.2 Å². The molecule has 2 aromatic rings. The molecule has 0 saturated carbocycles. The third-order valence-corrected chi connectivity index (χ3v) is 5.77. The minimum absolute atomic E-state index is 0.0506. The van der Waals surface area contributed by atoms with Crippen LogP contribution in [0.2, 0.25) is 0 Å². The Morgan fingerprint density at radius 2 is 1.81 bits per heavy atom. The normalized spacial score (nSPS) is 13.9. The molecular formula is C24H32N4O4. The zero-order valence-electron chi connectivity index (χ0n) is 19.4. The highest BCUT2D eigenvalue weighted by atomic mass is 16.5. The lowest BCUT2D eigenvalue weighted by atomic mass is 9.96. The predicted octanol–water partition coefficient (Wildman–Crippen LogP) is 2.44. The molecule has 0 saturated heterocycles. The lowest BCUT2D eigenvalue weighted by Crippen LogP contribution is -2.40. The van der Waals surface area contributed by atoms with Crippen LogP contribution in [0.1, 0.15) is 23.6 Å². The standard InChI is InChI=1S/C24H32N4O4/c1-27(2)20(17-8-10-19-16(13-17)7-6-12-28(19)3)15-25-23(29)24(30)26-18-9-11-21(31-4)22(14-18)32-5/h8-11,13-14,20H,6-7,12,15H2,1-5H3,(H,25,29)(H,26,30). The van der Waals surface area contributed by atoms with E-state index in [1.807, 2.05) is 19.0 Å². The van der Waals surface area contributed by atoms with Gasteiger partial charge in [0.2, 0.25) is 0 Å². The summed E-state index contributed by atoms with van der Waals surface area (Å²) in [7, 11) is 9.08. The lowest BCUT2D eigenvalue weighted by molar-refractivity contribution is -0.136. The molecule has 2 aromatic carbocycles. The number of anilines is 2. The minimum atomic E-state index is -0.734. The molecule has 32 heavy (non-hydrogen) atoms. The van der Waals surface area contributed by atoms with Crippen LogP contribution in [0.15, 0.2) is 36.4 Å². The van der Waals surface area contributed by atoms with Gasteiger partial charge in [0.1, 0.15) is 0 Å². The fourth-order valence-corrected chi connectivity index (χ4v) is 3.98. The maximum Gasteiger partial charge on any atom is 0.313 e. The fourth-order valence-electron chi connectivity index (χ4n) is 3.98. The van der Waals surface area contributed by atoms with Gasteiger partial charge in [0.05, 0.1) is 20.3 Å². The zero-order valence-corrected chi connectivity index (χ0v) is 19.4. The summed E-state index contributed by atoms with van der Waals surface area (Å²) in [5, 5.41) is 5.36. The Kier molecular flexibility index (Phi) is 7.58. The van der Waals surface area contributed by atoms with Crippen molar-refractivity contribution in [2.45, 2.75) is 18.9 Å². The Hall–Kier alpha value is -3.26. The van der Waals surface area contributed by atoms with Crippen LogP contribution in [0, 0.1) is 0 Å². The molecule has 1 unspecified atom stereocenters. The van der Waals surface area contributed by atoms with E-state index in [9.17, 15) is 9.59 Å². The summed E-state index contributed by atoms with van der Waals surface area (Å²) in [6.45, 7) is 1.38. The molecule has 2 amide bonds. The van der Waals surface area contributed by atoms with Gasteiger partial charge >= 0.3 is 11.8 Å². The van der Waals surface area contributed by atoms with E-state index >= 15 is 0 Å². The Bertz CT molecular complexity index is 976. The number of amides is 2. The van der Waals surface area contributed by atoms with Crippen molar-refractivity contribution in [1.82, 2.24) is 10.2 Å². The van der Waals surface area contributed by atoms with Gasteiger partial charge in [0.25, 0.3) is 0 Å². The monoisotopic (exact) mass is 440 g/mol. The first kappa shape index (κ1) is 23.4. The summed E-state index contributed by atoms with van der Waals surface area (Å²) in [4.78, 5) is 29.2. The Morgan fingerprint density at radius 3 is 2.50 bits per heavy atom. The van der Waals surface area contributed by atoms with Crippen molar-refractivity contribution in [3.8, 4) is 11.5 Å². The first-order chi connectivity index (χ1) is 15.3. The van der Waals surface area contributed by atoms with Gasteiger partial charge in [-0.3, -0.25) is 9.59 Å². The Labute approximate surface area is 189 Å². The van der Waals surface area contributed by atoms with Gasteiger partial charge in [-0.1, -0.05) is 12.1 Å². The topological polar surface area (TPSA) is 83.1 Å². The van der Waals surface area contributed by atoms with Crippen molar-refractivity contribution in [1.29, 1.82) is 0 Å². The molecule has 0 fully saturated rings. The maximum absolute atomic E-state index is 12.5. The van der Waals surface area contributed by atoms with Gasteiger partial charge in [0, 0.05) is 37.6 Å². The van der Waals surface area contributed by atoms with Crippen molar-refractivity contribution in [2.24, 2.45) is 0 Å². The molecule has 1 aliphatic rings. The third-order valence-electron chi connectivity index (χ3n) is 5.77. The average molecular weight is 441 g/mol. The van der Waals surface area contributed by atoms with Crippen LogP contribution < -0.4 is 25.0 Å². The lowest BCUT2D eigenvalue weighted by Gasteiger charge is -2.30. The van der Waals surface area contributed by atoms with E-state index in [4.69, 9.17) is 9.47 Å². The average Bonchev–Trinajstić information content (AvgIpc) is 2.78. The fraction of sp³-hybridized carbons (Fsp3) is 0.417. The molecule has 8 nitrogen and oxygen atoms in total. The number of methoxy groups -OCH3 is 2. The Morgan fingerprint density at radius 1 is 1.06 bits per heavy atom. The molecular weight excluding hydrogens is 408 g/mol.